The van der Waals surface area contributed by atoms with Crippen molar-refractivity contribution in [1.82, 2.24) is 5.16 Å². The molecule has 0 saturated carbocycles. The predicted molar refractivity (Wildman–Crippen MR) is 56.7 cm³/mol. The van der Waals surface area contributed by atoms with Crippen molar-refractivity contribution in [3.63, 3.8) is 0 Å². The molecule has 0 spiro atoms. The van der Waals surface area contributed by atoms with Crippen LogP contribution >= 0.6 is 0 Å². The Morgan fingerprint density at radius 3 is 2.73 bits per heavy atom. The fourth-order valence-electron chi connectivity index (χ4n) is 1.26. The highest BCUT2D eigenvalue weighted by Gasteiger charge is 2.02. The van der Waals surface area contributed by atoms with E-state index >= 15 is 0 Å². The Morgan fingerprint density at radius 2 is 2.07 bits per heavy atom. The van der Waals surface area contributed by atoms with E-state index in [4.69, 9.17) is 9.26 Å². The van der Waals surface area contributed by atoms with Gasteiger partial charge < -0.3 is 9.26 Å². The molecule has 0 aliphatic carbocycles. The Kier molecular flexibility index (Phi) is 3.02. The van der Waals surface area contributed by atoms with Crippen LogP contribution in [0.4, 0.5) is 0 Å². The Hall–Kier alpha value is -1.77. The van der Waals surface area contributed by atoms with Crippen LogP contribution in [-0.2, 0) is 13.0 Å². The van der Waals surface area contributed by atoms with Crippen molar-refractivity contribution in [3.05, 3.63) is 47.9 Å². The van der Waals surface area contributed by atoms with Crippen molar-refractivity contribution in [2.24, 2.45) is 0 Å². The first-order valence-electron chi connectivity index (χ1n) is 5.01. The number of hydrogen-bond donors (Lipinski definition) is 0. The minimum absolute atomic E-state index is 0.428. The number of rotatable bonds is 4. The molecule has 3 nitrogen and oxygen atoms in total. The van der Waals surface area contributed by atoms with Gasteiger partial charge in [0.15, 0.2) is 5.76 Å². The van der Waals surface area contributed by atoms with Gasteiger partial charge in [0, 0.05) is 6.07 Å². The number of hydrogen-bond acceptors (Lipinski definition) is 3. The average Bonchev–Trinajstić information content (AvgIpc) is 2.76. The molecule has 78 valence electrons. The van der Waals surface area contributed by atoms with E-state index in [0.717, 1.165) is 23.6 Å². The summed E-state index contributed by atoms with van der Waals surface area (Å²) in [6, 6.07) is 11.6. The molecular weight excluding hydrogens is 190 g/mol. The van der Waals surface area contributed by atoms with E-state index in [9.17, 15) is 0 Å². The van der Waals surface area contributed by atoms with Crippen LogP contribution in [0.3, 0.4) is 0 Å². The zero-order chi connectivity index (χ0) is 10.5. The quantitative estimate of drug-likeness (QED) is 0.766. The van der Waals surface area contributed by atoms with Gasteiger partial charge in [0.05, 0.1) is 5.69 Å². The highest BCUT2D eigenvalue weighted by molar-refractivity contribution is 5.21. The maximum atomic E-state index is 5.52. The first kappa shape index (κ1) is 9.77. The van der Waals surface area contributed by atoms with Gasteiger partial charge in [-0.2, -0.15) is 0 Å². The lowest BCUT2D eigenvalue weighted by atomic mass is 10.3. The summed E-state index contributed by atoms with van der Waals surface area (Å²) >= 11 is 0. The molecule has 3 heteroatoms. The van der Waals surface area contributed by atoms with Gasteiger partial charge in [-0.05, 0) is 18.6 Å². The number of aryl methyl sites for hydroxylation is 1. The van der Waals surface area contributed by atoms with Gasteiger partial charge in [-0.15, -0.1) is 0 Å². The van der Waals surface area contributed by atoms with Gasteiger partial charge in [-0.25, -0.2) is 0 Å². The fourth-order valence-corrected chi connectivity index (χ4v) is 1.26. The van der Waals surface area contributed by atoms with E-state index in [1.807, 2.05) is 43.3 Å². The summed E-state index contributed by atoms with van der Waals surface area (Å²) in [5, 5.41) is 3.89. The maximum absolute atomic E-state index is 5.52. The molecule has 0 N–H and O–H groups in total. The van der Waals surface area contributed by atoms with E-state index in [2.05, 4.69) is 5.16 Å². The summed E-state index contributed by atoms with van der Waals surface area (Å²) in [4.78, 5) is 0. The van der Waals surface area contributed by atoms with E-state index < -0.39 is 0 Å². The molecular formula is C12H13NO2. The lowest BCUT2D eigenvalue weighted by molar-refractivity contribution is 0.248. The summed E-state index contributed by atoms with van der Waals surface area (Å²) < 4.78 is 10.6. The topological polar surface area (TPSA) is 35.3 Å². The second kappa shape index (κ2) is 4.64. The largest absolute Gasteiger partial charge is 0.486 e. The molecule has 0 fully saturated rings. The van der Waals surface area contributed by atoms with E-state index in [1.54, 1.807) is 0 Å². The third-order valence-electron chi connectivity index (χ3n) is 2.09. The number of benzene rings is 1. The van der Waals surface area contributed by atoms with Crippen LogP contribution in [0.1, 0.15) is 18.4 Å². The van der Waals surface area contributed by atoms with Crippen LogP contribution in [-0.4, -0.2) is 5.16 Å². The lowest BCUT2D eigenvalue weighted by Crippen LogP contribution is -1.92. The molecule has 1 aromatic heterocycles. The van der Waals surface area contributed by atoms with Crippen LogP contribution in [0, 0.1) is 0 Å². The van der Waals surface area contributed by atoms with Gasteiger partial charge in [-0.1, -0.05) is 30.3 Å². The van der Waals surface area contributed by atoms with Gasteiger partial charge in [0.1, 0.15) is 12.4 Å². The van der Waals surface area contributed by atoms with Crippen LogP contribution < -0.4 is 4.74 Å². The third-order valence-corrected chi connectivity index (χ3v) is 2.09. The molecule has 0 saturated heterocycles. The first-order chi connectivity index (χ1) is 7.38. The zero-order valence-electron chi connectivity index (χ0n) is 8.64. The van der Waals surface area contributed by atoms with Crippen molar-refractivity contribution in [2.45, 2.75) is 20.0 Å². The number of nitrogens with zero attached hydrogens (tertiary/aromatic N) is 1. The lowest BCUT2D eigenvalue weighted by Gasteiger charge is -2.01. The minimum Gasteiger partial charge on any atom is -0.486 e. The van der Waals surface area contributed by atoms with Crippen LogP contribution in [0.15, 0.2) is 40.9 Å². The maximum Gasteiger partial charge on any atom is 0.174 e. The fraction of sp³-hybridized carbons (Fsp3) is 0.250. The minimum atomic E-state index is 0.428. The predicted octanol–water partition coefficient (Wildman–Crippen LogP) is 2.82. The SMILES string of the molecule is CCc1cc(COc2ccccc2)on1. The molecule has 0 amide bonds. The number of ether oxygens (including phenoxy) is 1. The van der Waals surface area contributed by atoms with E-state index in [1.165, 1.54) is 0 Å². The first-order valence-corrected chi connectivity index (χ1v) is 5.01. The van der Waals surface area contributed by atoms with Gasteiger partial charge in [0.2, 0.25) is 0 Å². The van der Waals surface area contributed by atoms with Crippen molar-refractivity contribution in [1.29, 1.82) is 0 Å². The molecule has 1 aromatic carbocycles. The number of para-hydroxylation sites is 1. The van der Waals surface area contributed by atoms with Crippen molar-refractivity contribution < 1.29 is 9.26 Å². The molecule has 0 radical (unpaired) electrons. The second-order valence-electron chi connectivity index (χ2n) is 3.24. The van der Waals surface area contributed by atoms with E-state index in [-0.39, 0.29) is 0 Å². The Morgan fingerprint density at radius 1 is 1.27 bits per heavy atom. The molecule has 0 unspecified atom stereocenters. The smallest absolute Gasteiger partial charge is 0.174 e. The summed E-state index contributed by atoms with van der Waals surface area (Å²) in [6.07, 6.45) is 0.884. The van der Waals surface area contributed by atoms with Crippen molar-refractivity contribution >= 4 is 0 Å². The standard InChI is InChI=1S/C12H13NO2/c1-2-10-8-12(15-13-10)9-14-11-6-4-3-5-7-11/h3-8H,2,9H2,1H3. The van der Waals surface area contributed by atoms with Gasteiger partial charge in [-0.3, -0.25) is 0 Å². The Bertz CT molecular complexity index is 409. The molecule has 15 heavy (non-hydrogen) atoms. The van der Waals surface area contributed by atoms with Crippen molar-refractivity contribution in [2.75, 3.05) is 0 Å². The third kappa shape index (κ3) is 2.59. The molecule has 0 bridgehead atoms. The highest BCUT2D eigenvalue weighted by Crippen LogP contribution is 2.12. The summed E-state index contributed by atoms with van der Waals surface area (Å²) in [7, 11) is 0. The van der Waals surface area contributed by atoms with Gasteiger partial charge >= 0.3 is 0 Å². The normalized spacial score (nSPS) is 10.2. The summed E-state index contributed by atoms with van der Waals surface area (Å²) in [6.45, 7) is 2.47. The summed E-state index contributed by atoms with van der Waals surface area (Å²) in [5.74, 6) is 1.60. The highest BCUT2D eigenvalue weighted by atomic mass is 16.5. The molecule has 0 atom stereocenters. The molecule has 0 aliphatic heterocycles. The second-order valence-corrected chi connectivity index (χ2v) is 3.24. The summed E-state index contributed by atoms with van der Waals surface area (Å²) in [5.41, 5.74) is 0.960. The molecule has 2 rings (SSSR count). The van der Waals surface area contributed by atoms with E-state index in [0.29, 0.717) is 6.61 Å². The van der Waals surface area contributed by atoms with Crippen molar-refractivity contribution in [3.8, 4) is 5.75 Å². The van der Waals surface area contributed by atoms with Crippen LogP contribution in [0.25, 0.3) is 0 Å². The van der Waals surface area contributed by atoms with Crippen LogP contribution in [0.2, 0.25) is 0 Å². The Balaban J connectivity index is 1.93. The monoisotopic (exact) mass is 203 g/mol. The Labute approximate surface area is 88.7 Å². The van der Waals surface area contributed by atoms with Gasteiger partial charge in [0.25, 0.3) is 0 Å². The average molecular weight is 203 g/mol. The molecule has 2 aromatic rings. The number of aromatic nitrogens is 1. The zero-order valence-corrected chi connectivity index (χ0v) is 8.64. The molecule has 1 heterocycles. The molecule has 0 aliphatic rings. The van der Waals surface area contributed by atoms with Crippen LogP contribution in [0.5, 0.6) is 5.75 Å².